The van der Waals surface area contributed by atoms with Crippen molar-refractivity contribution in [1.82, 2.24) is 5.32 Å². The molecular weight excluding hydrogens is 507 g/mol. The number of rotatable bonds is 9. The highest BCUT2D eigenvalue weighted by atomic mass is 127. The van der Waals surface area contributed by atoms with Crippen molar-refractivity contribution in [1.29, 1.82) is 0 Å². The van der Waals surface area contributed by atoms with Gasteiger partial charge in [-0.15, -0.1) is 24.0 Å². The Hall–Kier alpha value is -2.49. The van der Waals surface area contributed by atoms with Crippen molar-refractivity contribution in [3.63, 3.8) is 0 Å². The van der Waals surface area contributed by atoms with Gasteiger partial charge in [0.2, 0.25) is 5.91 Å². The van der Waals surface area contributed by atoms with E-state index in [2.05, 4.69) is 20.9 Å². The van der Waals surface area contributed by atoms with E-state index >= 15 is 0 Å². The van der Waals surface area contributed by atoms with Crippen LogP contribution in [-0.2, 0) is 11.3 Å². The summed E-state index contributed by atoms with van der Waals surface area (Å²) in [6.07, 6.45) is 0. The van der Waals surface area contributed by atoms with Crippen LogP contribution in [0.1, 0.15) is 33.3 Å². The Balaban J connectivity index is 0.00000480. The number of carbonyl (C=O) groups excluding carboxylic acids is 1. The summed E-state index contributed by atoms with van der Waals surface area (Å²) in [5, 5.41) is 9.43. The zero-order valence-corrected chi connectivity index (χ0v) is 21.2. The molecule has 2 rings (SSSR count). The fourth-order valence-electron chi connectivity index (χ4n) is 2.62. The van der Waals surface area contributed by atoms with Gasteiger partial charge in [0.1, 0.15) is 0 Å². The van der Waals surface area contributed by atoms with E-state index in [9.17, 15) is 4.79 Å². The smallest absolute Gasteiger partial charge is 0.226 e. The topological polar surface area (TPSA) is 84.0 Å². The van der Waals surface area contributed by atoms with Crippen molar-refractivity contribution in [2.75, 3.05) is 30.9 Å². The van der Waals surface area contributed by atoms with Crippen LogP contribution in [0.15, 0.2) is 47.5 Å². The van der Waals surface area contributed by atoms with Gasteiger partial charge in [-0.1, -0.05) is 26.0 Å². The molecule has 8 heteroatoms. The molecule has 31 heavy (non-hydrogen) atoms. The third kappa shape index (κ3) is 8.64. The molecule has 0 aromatic heterocycles. The summed E-state index contributed by atoms with van der Waals surface area (Å²) >= 11 is 0. The number of guanidine groups is 1. The minimum Gasteiger partial charge on any atom is -0.493 e. The van der Waals surface area contributed by atoms with Crippen molar-refractivity contribution in [3.05, 3.63) is 48.0 Å². The lowest BCUT2D eigenvalue weighted by Gasteiger charge is -2.14. The van der Waals surface area contributed by atoms with E-state index in [1.807, 2.05) is 70.2 Å². The third-order valence-electron chi connectivity index (χ3n) is 4.24. The van der Waals surface area contributed by atoms with Crippen LogP contribution in [-0.4, -0.2) is 32.1 Å². The zero-order valence-electron chi connectivity index (χ0n) is 18.8. The minimum absolute atomic E-state index is 0. The molecule has 0 fully saturated rings. The van der Waals surface area contributed by atoms with Crippen LogP contribution in [0, 0.1) is 5.92 Å². The number of benzene rings is 2. The fourth-order valence-corrected chi connectivity index (χ4v) is 2.62. The van der Waals surface area contributed by atoms with Crippen LogP contribution in [0.2, 0.25) is 0 Å². The van der Waals surface area contributed by atoms with Crippen molar-refractivity contribution in [2.45, 2.75) is 34.2 Å². The molecule has 0 aliphatic heterocycles. The molecule has 7 nitrogen and oxygen atoms in total. The van der Waals surface area contributed by atoms with Gasteiger partial charge in [0.15, 0.2) is 17.5 Å². The van der Waals surface area contributed by atoms with Crippen molar-refractivity contribution >= 4 is 47.2 Å². The number of anilines is 2. The van der Waals surface area contributed by atoms with Gasteiger partial charge in [-0.05, 0) is 43.7 Å². The van der Waals surface area contributed by atoms with Crippen molar-refractivity contribution in [3.8, 4) is 11.5 Å². The lowest BCUT2D eigenvalue weighted by atomic mass is 10.2. The molecule has 0 bridgehead atoms. The Bertz CT molecular complexity index is 854. The Morgan fingerprint density at radius 1 is 1.00 bits per heavy atom. The first-order valence-electron chi connectivity index (χ1n) is 10.2. The van der Waals surface area contributed by atoms with Crippen LogP contribution < -0.4 is 25.4 Å². The average Bonchev–Trinajstić information content (AvgIpc) is 2.73. The van der Waals surface area contributed by atoms with Gasteiger partial charge in [-0.25, -0.2) is 4.99 Å². The second kappa shape index (κ2) is 13.7. The van der Waals surface area contributed by atoms with Gasteiger partial charge in [0.25, 0.3) is 0 Å². The summed E-state index contributed by atoms with van der Waals surface area (Å²) in [5.41, 5.74) is 2.68. The summed E-state index contributed by atoms with van der Waals surface area (Å²) in [5.74, 6) is 1.99. The maximum atomic E-state index is 11.8. The van der Waals surface area contributed by atoms with Gasteiger partial charge in [-0.2, -0.15) is 0 Å². The van der Waals surface area contributed by atoms with E-state index in [1.165, 1.54) is 0 Å². The molecule has 2 aromatic rings. The predicted molar refractivity (Wildman–Crippen MR) is 138 cm³/mol. The highest BCUT2D eigenvalue weighted by Crippen LogP contribution is 2.30. The normalized spacial score (nSPS) is 10.8. The van der Waals surface area contributed by atoms with E-state index < -0.39 is 0 Å². The molecule has 0 aliphatic carbocycles. The first-order chi connectivity index (χ1) is 14.5. The number of amides is 1. The summed E-state index contributed by atoms with van der Waals surface area (Å²) in [7, 11) is 1.62. The molecule has 3 N–H and O–H groups in total. The van der Waals surface area contributed by atoms with Gasteiger partial charge in [-0.3, -0.25) is 4.79 Å². The molecule has 1 amide bonds. The monoisotopic (exact) mass is 540 g/mol. The molecule has 0 atom stereocenters. The highest BCUT2D eigenvalue weighted by Gasteiger charge is 2.08. The maximum Gasteiger partial charge on any atom is 0.226 e. The lowest BCUT2D eigenvalue weighted by Crippen LogP contribution is -2.30. The average molecular weight is 540 g/mol. The zero-order chi connectivity index (χ0) is 21.9. The lowest BCUT2D eigenvalue weighted by molar-refractivity contribution is -0.118. The van der Waals surface area contributed by atoms with E-state index in [1.54, 1.807) is 7.11 Å². The Morgan fingerprint density at radius 2 is 1.68 bits per heavy atom. The Labute approximate surface area is 202 Å². The molecule has 0 radical (unpaired) electrons. The summed E-state index contributed by atoms with van der Waals surface area (Å²) in [4.78, 5) is 16.4. The molecular formula is C23H33IN4O3. The van der Waals surface area contributed by atoms with Gasteiger partial charge in [0, 0.05) is 29.9 Å². The largest absolute Gasteiger partial charge is 0.493 e. The van der Waals surface area contributed by atoms with Crippen LogP contribution in [0.4, 0.5) is 11.4 Å². The number of nitrogens with zero attached hydrogens (tertiary/aromatic N) is 1. The number of hydrogen-bond acceptors (Lipinski definition) is 4. The van der Waals surface area contributed by atoms with E-state index in [-0.39, 0.29) is 35.8 Å². The number of hydrogen-bond donors (Lipinski definition) is 3. The Kier molecular flexibility index (Phi) is 11.8. The van der Waals surface area contributed by atoms with Crippen molar-refractivity contribution in [2.24, 2.45) is 10.9 Å². The molecule has 2 aromatic carbocycles. The minimum atomic E-state index is -0.0516. The molecule has 0 heterocycles. The molecule has 0 spiro atoms. The molecule has 0 aliphatic rings. The fraction of sp³-hybridized carbons (Fsp3) is 0.391. The van der Waals surface area contributed by atoms with Crippen molar-refractivity contribution < 1.29 is 14.3 Å². The second-order valence-electron chi connectivity index (χ2n) is 6.96. The van der Waals surface area contributed by atoms with Gasteiger partial charge < -0.3 is 25.4 Å². The number of ether oxygens (including phenoxy) is 2. The number of nitrogens with one attached hydrogen (secondary N) is 3. The Morgan fingerprint density at radius 3 is 2.26 bits per heavy atom. The number of halogens is 1. The van der Waals surface area contributed by atoms with Crippen LogP contribution in [0.3, 0.4) is 0 Å². The number of carbonyl (C=O) groups is 1. The highest BCUT2D eigenvalue weighted by molar-refractivity contribution is 14.0. The SMILES string of the molecule is CCNC(=NCc1ccc(NC(=O)C(C)C)cc1)Nc1ccc(OC)c(OCC)c1.I. The first-order valence-corrected chi connectivity index (χ1v) is 10.2. The third-order valence-corrected chi connectivity index (χ3v) is 4.24. The van der Waals surface area contributed by atoms with E-state index in [0.29, 0.717) is 30.6 Å². The van der Waals surface area contributed by atoms with Crippen LogP contribution >= 0.6 is 24.0 Å². The van der Waals surface area contributed by atoms with Crippen LogP contribution in [0.25, 0.3) is 0 Å². The second-order valence-corrected chi connectivity index (χ2v) is 6.96. The molecule has 0 unspecified atom stereocenters. The quantitative estimate of drug-likeness (QED) is 0.240. The summed E-state index contributed by atoms with van der Waals surface area (Å²) < 4.78 is 11.0. The standard InChI is InChI=1S/C23H32N4O3.HI/c1-6-24-23(27-19-12-13-20(29-5)21(14-19)30-7-2)25-15-17-8-10-18(11-9-17)26-22(28)16(3)4;/h8-14,16H,6-7,15H2,1-5H3,(H,26,28)(H2,24,25,27);1H. The number of methoxy groups -OCH3 is 1. The summed E-state index contributed by atoms with van der Waals surface area (Å²) in [6.45, 7) is 9.49. The number of aliphatic imine (C=N–C) groups is 1. The predicted octanol–water partition coefficient (Wildman–Crippen LogP) is 4.88. The molecule has 0 saturated carbocycles. The summed E-state index contributed by atoms with van der Waals surface area (Å²) in [6, 6.07) is 13.4. The van der Waals surface area contributed by atoms with E-state index in [0.717, 1.165) is 23.5 Å². The molecule has 0 saturated heterocycles. The maximum absolute atomic E-state index is 11.8. The van der Waals surface area contributed by atoms with E-state index in [4.69, 9.17) is 9.47 Å². The van der Waals surface area contributed by atoms with Crippen LogP contribution in [0.5, 0.6) is 11.5 Å². The van der Waals surface area contributed by atoms with Gasteiger partial charge in [0.05, 0.1) is 20.3 Å². The van der Waals surface area contributed by atoms with Gasteiger partial charge >= 0.3 is 0 Å². The molecule has 170 valence electrons. The first kappa shape index (κ1) is 26.5.